The fourth-order valence-electron chi connectivity index (χ4n) is 4.10. The largest absolute Gasteiger partial charge is 0.374 e. The molecule has 0 aromatic heterocycles. The van der Waals surface area contributed by atoms with Gasteiger partial charge in [-0.2, -0.15) is 0 Å². The van der Waals surface area contributed by atoms with Gasteiger partial charge in [0.15, 0.2) is 5.96 Å². The van der Waals surface area contributed by atoms with Crippen molar-refractivity contribution in [3.8, 4) is 0 Å². The van der Waals surface area contributed by atoms with Gasteiger partial charge in [0.2, 0.25) is 0 Å². The topological polar surface area (TPSA) is 101 Å². The molecule has 4 rings (SSSR count). The molecule has 0 amide bonds. The average Bonchev–Trinajstić information content (AvgIpc) is 2.89. The van der Waals surface area contributed by atoms with Crippen LogP contribution in [0.3, 0.4) is 0 Å². The fraction of sp³-hybridized carbons (Fsp3) is 0.321. The van der Waals surface area contributed by atoms with E-state index in [1.54, 1.807) is 0 Å². The molecule has 35 heavy (non-hydrogen) atoms. The Morgan fingerprint density at radius 1 is 0.714 bits per heavy atom. The van der Waals surface area contributed by atoms with E-state index in [1.807, 2.05) is 91.0 Å². The molecule has 7 nitrogen and oxygen atoms in total. The number of ether oxygens (including phenoxy) is 4. The zero-order valence-corrected chi connectivity index (χ0v) is 19.7. The Hall–Kier alpha value is -3.23. The lowest BCUT2D eigenvalue weighted by Crippen LogP contribution is -2.56. The molecule has 4 atom stereocenters. The first-order chi connectivity index (χ1) is 17.2. The standard InChI is InChI=1S/C28H33N3O4/c29-28(30)31-24-19-33-25(20-32-16-21-10-4-1-5-11-21)27(35-18-23-14-8-3-9-15-23)26(24)34-17-22-12-6-2-7-13-22/h1-15,24-27H,16-20H2,(H4,29,30,31)/t24-,25+,26+,27-/m0/s1. The molecule has 3 aromatic carbocycles. The van der Waals surface area contributed by atoms with Crippen molar-refractivity contribution in [3.05, 3.63) is 108 Å². The highest BCUT2D eigenvalue weighted by Crippen LogP contribution is 2.26. The molecule has 1 heterocycles. The van der Waals surface area contributed by atoms with E-state index >= 15 is 0 Å². The summed E-state index contributed by atoms with van der Waals surface area (Å²) < 4.78 is 25.0. The summed E-state index contributed by atoms with van der Waals surface area (Å²) in [4.78, 5) is 4.40. The van der Waals surface area contributed by atoms with Gasteiger partial charge in [0.05, 0.1) is 33.0 Å². The molecule has 0 radical (unpaired) electrons. The van der Waals surface area contributed by atoms with Gasteiger partial charge in [-0.05, 0) is 16.7 Å². The van der Waals surface area contributed by atoms with E-state index in [9.17, 15) is 0 Å². The second kappa shape index (κ2) is 13.0. The molecule has 0 bridgehead atoms. The van der Waals surface area contributed by atoms with Crippen molar-refractivity contribution in [1.82, 2.24) is 0 Å². The fourth-order valence-corrected chi connectivity index (χ4v) is 4.10. The molecular weight excluding hydrogens is 442 g/mol. The highest BCUT2D eigenvalue weighted by Gasteiger charge is 2.42. The first-order valence-corrected chi connectivity index (χ1v) is 11.8. The predicted molar refractivity (Wildman–Crippen MR) is 135 cm³/mol. The molecule has 1 fully saturated rings. The maximum Gasteiger partial charge on any atom is 0.186 e. The van der Waals surface area contributed by atoms with E-state index in [1.165, 1.54) is 0 Å². The summed E-state index contributed by atoms with van der Waals surface area (Å²) in [5, 5.41) is 0. The lowest BCUT2D eigenvalue weighted by molar-refractivity contribution is -0.204. The van der Waals surface area contributed by atoms with Gasteiger partial charge < -0.3 is 30.4 Å². The Morgan fingerprint density at radius 2 is 1.20 bits per heavy atom. The van der Waals surface area contributed by atoms with Crippen molar-refractivity contribution < 1.29 is 18.9 Å². The number of aliphatic imine (C=N–C) groups is 1. The molecule has 0 aliphatic carbocycles. The van der Waals surface area contributed by atoms with Gasteiger partial charge in [0.1, 0.15) is 24.4 Å². The Balaban J connectivity index is 1.50. The Morgan fingerprint density at radius 3 is 1.71 bits per heavy atom. The number of hydrogen-bond donors (Lipinski definition) is 2. The minimum absolute atomic E-state index is 0.00695. The summed E-state index contributed by atoms with van der Waals surface area (Å²) in [5.41, 5.74) is 14.7. The normalized spacial score (nSPS) is 21.9. The van der Waals surface area contributed by atoms with Gasteiger partial charge in [-0.15, -0.1) is 0 Å². The van der Waals surface area contributed by atoms with Crippen molar-refractivity contribution in [3.63, 3.8) is 0 Å². The lowest BCUT2D eigenvalue weighted by atomic mass is 9.97. The molecule has 184 valence electrons. The van der Waals surface area contributed by atoms with E-state index < -0.39 is 18.2 Å². The van der Waals surface area contributed by atoms with E-state index in [0.29, 0.717) is 33.0 Å². The quantitative estimate of drug-likeness (QED) is 0.326. The zero-order chi connectivity index (χ0) is 24.3. The summed E-state index contributed by atoms with van der Waals surface area (Å²) >= 11 is 0. The van der Waals surface area contributed by atoms with Gasteiger partial charge in [-0.1, -0.05) is 91.0 Å². The van der Waals surface area contributed by atoms with Crippen LogP contribution in [0.2, 0.25) is 0 Å². The predicted octanol–water partition coefficient (Wildman–Crippen LogP) is 3.41. The second-order valence-corrected chi connectivity index (χ2v) is 8.52. The van der Waals surface area contributed by atoms with Crippen LogP contribution < -0.4 is 11.5 Å². The summed E-state index contributed by atoms with van der Waals surface area (Å²) in [6.07, 6.45) is -1.19. The minimum Gasteiger partial charge on any atom is -0.374 e. The van der Waals surface area contributed by atoms with Gasteiger partial charge in [-0.25, -0.2) is 4.99 Å². The highest BCUT2D eigenvalue weighted by atomic mass is 16.6. The maximum atomic E-state index is 6.42. The van der Waals surface area contributed by atoms with Gasteiger partial charge in [-0.3, -0.25) is 0 Å². The third kappa shape index (κ3) is 7.63. The van der Waals surface area contributed by atoms with Gasteiger partial charge in [0.25, 0.3) is 0 Å². The van der Waals surface area contributed by atoms with Crippen molar-refractivity contribution >= 4 is 5.96 Å². The summed E-state index contributed by atoms with van der Waals surface area (Å²) in [6.45, 7) is 1.96. The number of guanidine groups is 1. The Bertz CT molecular complexity index is 1030. The van der Waals surface area contributed by atoms with E-state index in [0.717, 1.165) is 16.7 Å². The third-order valence-electron chi connectivity index (χ3n) is 5.83. The molecule has 3 aromatic rings. The summed E-state index contributed by atoms with van der Waals surface area (Å²) in [6, 6.07) is 29.7. The number of benzene rings is 3. The van der Waals surface area contributed by atoms with E-state index in [4.69, 9.17) is 30.4 Å². The molecule has 0 unspecified atom stereocenters. The second-order valence-electron chi connectivity index (χ2n) is 8.52. The monoisotopic (exact) mass is 475 g/mol. The molecular formula is C28H33N3O4. The van der Waals surface area contributed by atoms with Crippen LogP contribution in [0.5, 0.6) is 0 Å². The smallest absolute Gasteiger partial charge is 0.186 e. The number of nitrogens with zero attached hydrogens (tertiary/aromatic N) is 1. The first kappa shape index (κ1) is 24.9. The molecule has 1 aliphatic rings. The van der Waals surface area contributed by atoms with Crippen molar-refractivity contribution in [2.45, 2.75) is 44.2 Å². The van der Waals surface area contributed by atoms with Crippen LogP contribution in [-0.4, -0.2) is 43.5 Å². The lowest BCUT2D eigenvalue weighted by Gasteiger charge is -2.41. The van der Waals surface area contributed by atoms with Crippen molar-refractivity contribution in [2.75, 3.05) is 13.2 Å². The zero-order valence-electron chi connectivity index (χ0n) is 19.7. The number of nitrogens with two attached hydrogens (primary N) is 2. The SMILES string of the molecule is NC(N)=N[C@H]1CO[C@H](COCc2ccccc2)[C@H](OCc2ccccc2)[C@@H]1OCc1ccccc1. The highest BCUT2D eigenvalue weighted by molar-refractivity contribution is 5.75. The third-order valence-corrected chi connectivity index (χ3v) is 5.83. The molecule has 0 spiro atoms. The van der Waals surface area contributed by atoms with Gasteiger partial charge >= 0.3 is 0 Å². The molecule has 1 aliphatic heterocycles. The van der Waals surface area contributed by atoms with E-state index in [-0.39, 0.29) is 12.1 Å². The summed E-state index contributed by atoms with van der Waals surface area (Å²) in [5.74, 6) is -0.00695. The maximum absolute atomic E-state index is 6.42. The van der Waals surface area contributed by atoms with Crippen LogP contribution >= 0.6 is 0 Å². The first-order valence-electron chi connectivity index (χ1n) is 11.8. The number of rotatable bonds is 11. The Labute approximate surface area is 206 Å². The van der Waals surface area contributed by atoms with Crippen LogP contribution in [0.15, 0.2) is 96.0 Å². The average molecular weight is 476 g/mol. The van der Waals surface area contributed by atoms with Crippen molar-refractivity contribution in [1.29, 1.82) is 0 Å². The van der Waals surface area contributed by atoms with E-state index in [2.05, 4.69) is 4.99 Å². The molecule has 0 saturated carbocycles. The minimum atomic E-state index is -0.434. The van der Waals surface area contributed by atoms with Crippen LogP contribution in [0.4, 0.5) is 0 Å². The van der Waals surface area contributed by atoms with Crippen LogP contribution in [0.1, 0.15) is 16.7 Å². The summed E-state index contributed by atoms with van der Waals surface area (Å²) in [7, 11) is 0. The van der Waals surface area contributed by atoms with Crippen LogP contribution in [-0.2, 0) is 38.8 Å². The molecule has 1 saturated heterocycles. The van der Waals surface area contributed by atoms with Crippen LogP contribution in [0.25, 0.3) is 0 Å². The Kier molecular flexibility index (Phi) is 9.25. The van der Waals surface area contributed by atoms with Crippen LogP contribution in [0, 0.1) is 0 Å². The number of hydrogen-bond acceptors (Lipinski definition) is 5. The molecule has 4 N–H and O–H groups in total. The van der Waals surface area contributed by atoms with Gasteiger partial charge in [0, 0.05) is 0 Å². The van der Waals surface area contributed by atoms with Crippen molar-refractivity contribution in [2.24, 2.45) is 16.5 Å². The molecule has 7 heteroatoms.